The minimum absolute atomic E-state index is 0.307. The average Bonchev–Trinajstić information content (AvgIpc) is 2.82. The van der Waals surface area contributed by atoms with E-state index in [4.69, 9.17) is 4.42 Å². The van der Waals surface area contributed by atoms with Crippen LogP contribution in [-0.4, -0.2) is 14.4 Å². The normalized spacial score (nSPS) is 10.8. The van der Waals surface area contributed by atoms with E-state index in [1.54, 1.807) is 30.5 Å². The molecular weight excluding hydrogens is 206 g/mol. The highest BCUT2D eigenvalue weighted by molar-refractivity contribution is 5.50. The molecule has 0 aromatic carbocycles. The molecule has 0 bridgehead atoms. The van der Waals surface area contributed by atoms with Gasteiger partial charge in [0, 0.05) is 6.20 Å². The van der Waals surface area contributed by atoms with E-state index in [0.717, 1.165) is 0 Å². The van der Waals surface area contributed by atoms with Gasteiger partial charge < -0.3 is 4.42 Å². The molecule has 0 aliphatic heterocycles. The largest absolute Gasteiger partial charge is 0.461 e. The predicted octanol–water partition coefficient (Wildman–Crippen LogP) is 1.35. The van der Waals surface area contributed by atoms with Gasteiger partial charge >= 0.3 is 5.69 Å². The SMILES string of the molecule is O=c1nc(-c2ccco2)nc2ccccn12. The molecule has 0 amide bonds. The van der Waals surface area contributed by atoms with Crippen LogP contribution in [0.25, 0.3) is 17.2 Å². The molecule has 0 aliphatic rings. The second kappa shape index (κ2) is 3.30. The fourth-order valence-corrected chi connectivity index (χ4v) is 1.48. The summed E-state index contributed by atoms with van der Waals surface area (Å²) < 4.78 is 6.53. The van der Waals surface area contributed by atoms with E-state index in [0.29, 0.717) is 17.2 Å². The molecule has 0 N–H and O–H groups in total. The summed E-state index contributed by atoms with van der Waals surface area (Å²) in [5.41, 5.74) is 0.186. The van der Waals surface area contributed by atoms with E-state index < -0.39 is 0 Å². The molecule has 0 radical (unpaired) electrons. The molecule has 0 atom stereocenters. The van der Waals surface area contributed by atoms with Gasteiger partial charge in [-0.15, -0.1) is 0 Å². The lowest BCUT2D eigenvalue weighted by Crippen LogP contribution is -2.18. The van der Waals surface area contributed by atoms with E-state index in [1.807, 2.05) is 6.07 Å². The van der Waals surface area contributed by atoms with Crippen LogP contribution >= 0.6 is 0 Å². The predicted molar refractivity (Wildman–Crippen MR) is 57.0 cm³/mol. The van der Waals surface area contributed by atoms with Crippen LogP contribution in [-0.2, 0) is 0 Å². The topological polar surface area (TPSA) is 60.4 Å². The molecule has 0 fully saturated rings. The molecule has 0 aliphatic carbocycles. The highest BCUT2D eigenvalue weighted by Gasteiger charge is 2.07. The number of pyridine rings is 1. The molecule has 3 heterocycles. The van der Waals surface area contributed by atoms with Crippen LogP contribution in [0.15, 0.2) is 52.0 Å². The lowest BCUT2D eigenvalue weighted by atomic mass is 10.4. The van der Waals surface area contributed by atoms with Crippen molar-refractivity contribution in [2.24, 2.45) is 0 Å². The molecule has 3 aromatic rings. The third-order valence-corrected chi connectivity index (χ3v) is 2.21. The zero-order valence-corrected chi connectivity index (χ0v) is 8.20. The maximum Gasteiger partial charge on any atom is 0.355 e. The second-order valence-corrected chi connectivity index (χ2v) is 3.24. The molecule has 5 nitrogen and oxygen atoms in total. The summed E-state index contributed by atoms with van der Waals surface area (Å²) in [5, 5.41) is 0. The van der Waals surface area contributed by atoms with E-state index >= 15 is 0 Å². The summed E-state index contributed by atoms with van der Waals surface area (Å²) in [6, 6.07) is 8.76. The average molecular weight is 213 g/mol. The third kappa shape index (κ3) is 1.30. The summed E-state index contributed by atoms with van der Waals surface area (Å²) in [6.07, 6.45) is 3.15. The standard InChI is InChI=1S/C11H7N3O2/c15-11-13-10(8-4-3-7-16-8)12-9-5-1-2-6-14(9)11/h1-7H. The van der Waals surface area contributed by atoms with Gasteiger partial charge in [-0.05, 0) is 24.3 Å². The molecule has 0 saturated heterocycles. The number of hydrogen-bond donors (Lipinski definition) is 0. The van der Waals surface area contributed by atoms with E-state index in [2.05, 4.69) is 9.97 Å². The molecule has 16 heavy (non-hydrogen) atoms. The zero-order chi connectivity index (χ0) is 11.0. The molecule has 5 heteroatoms. The highest BCUT2D eigenvalue weighted by Crippen LogP contribution is 2.13. The van der Waals surface area contributed by atoms with Crippen LogP contribution in [0, 0.1) is 0 Å². The number of aromatic nitrogens is 3. The Balaban J connectivity index is 2.34. The monoisotopic (exact) mass is 213 g/mol. The Bertz CT molecular complexity index is 686. The molecule has 0 spiro atoms. The van der Waals surface area contributed by atoms with Gasteiger partial charge in [-0.1, -0.05) is 6.07 Å². The third-order valence-electron chi connectivity index (χ3n) is 2.21. The molecular formula is C11H7N3O2. The number of nitrogens with zero attached hydrogens (tertiary/aromatic N) is 3. The Morgan fingerprint density at radius 1 is 1.12 bits per heavy atom. The van der Waals surface area contributed by atoms with Crippen LogP contribution in [0.1, 0.15) is 0 Å². The number of fused-ring (bicyclic) bond motifs is 1. The molecule has 3 rings (SSSR count). The minimum Gasteiger partial charge on any atom is -0.461 e. The van der Waals surface area contributed by atoms with Gasteiger partial charge in [0.15, 0.2) is 5.76 Å². The van der Waals surface area contributed by atoms with Crippen molar-refractivity contribution in [2.45, 2.75) is 0 Å². The van der Waals surface area contributed by atoms with Crippen molar-refractivity contribution in [1.82, 2.24) is 14.4 Å². The van der Waals surface area contributed by atoms with Crippen LogP contribution in [0.4, 0.5) is 0 Å². The minimum atomic E-state index is -0.364. The van der Waals surface area contributed by atoms with Gasteiger partial charge in [-0.2, -0.15) is 4.98 Å². The van der Waals surface area contributed by atoms with Crippen LogP contribution in [0.2, 0.25) is 0 Å². The molecule has 78 valence electrons. The maximum atomic E-state index is 11.7. The summed E-state index contributed by atoms with van der Waals surface area (Å²) in [5.74, 6) is 0.796. The van der Waals surface area contributed by atoms with E-state index in [9.17, 15) is 4.79 Å². The van der Waals surface area contributed by atoms with Gasteiger partial charge in [0.05, 0.1) is 6.26 Å². The fourth-order valence-electron chi connectivity index (χ4n) is 1.48. The summed E-state index contributed by atoms with van der Waals surface area (Å²) in [4.78, 5) is 19.7. The molecule has 3 aromatic heterocycles. The zero-order valence-electron chi connectivity index (χ0n) is 8.20. The van der Waals surface area contributed by atoms with Crippen molar-refractivity contribution < 1.29 is 4.42 Å². The smallest absolute Gasteiger partial charge is 0.355 e. The number of furan rings is 1. The maximum absolute atomic E-state index is 11.7. The van der Waals surface area contributed by atoms with Crippen LogP contribution in [0.3, 0.4) is 0 Å². The van der Waals surface area contributed by atoms with Gasteiger partial charge in [0.25, 0.3) is 0 Å². The van der Waals surface area contributed by atoms with Gasteiger partial charge in [-0.25, -0.2) is 9.78 Å². The Morgan fingerprint density at radius 3 is 2.88 bits per heavy atom. The van der Waals surface area contributed by atoms with Crippen LogP contribution in [0.5, 0.6) is 0 Å². The van der Waals surface area contributed by atoms with Crippen molar-refractivity contribution in [3.8, 4) is 11.6 Å². The first-order valence-electron chi connectivity index (χ1n) is 4.74. The van der Waals surface area contributed by atoms with Gasteiger partial charge in [-0.3, -0.25) is 4.40 Å². The van der Waals surface area contributed by atoms with Crippen molar-refractivity contribution >= 4 is 5.65 Å². The second-order valence-electron chi connectivity index (χ2n) is 3.24. The highest BCUT2D eigenvalue weighted by atomic mass is 16.3. The summed E-state index contributed by atoms with van der Waals surface area (Å²) >= 11 is 0. The number of hydrogen-bond acceptors (Lipinski definition) is 4. The summed E-state index contributed by atoms with van der Waals surface area (Å²) in [7, 11) is 0. The fraction of sp³-hybridized carbons (Fsp3) is 0. The van der Waals surface area contributed by atoms with Crippen molar-refractivity contribution in [1.29, 1.82) is 0 Å². The van der Waals surface area contributed by atoms with Crippen molar-refractivity contribution in [3.63, 3.8) is 0 Å². The number of rotatable bonds is 1. The lowest BCUT2D eigenvalue weighted by molar-refractivity contribution is 0.576. The lowest BCUT2D eigenvalue weighted by Gasteiger charge is -1.99. The van der Waals surface area contributed by atoms with E-state index in [1.165, 1.54) is 10.7 Å². The van der Waals surface area contributed by atoms with E-state index in [-0.39, 0.29) is 5.69 Å². The van der Waals surface area contributed by atoms with Crippen molar-refractivity contribution in [3.05, 3.63) is 53.3 Å². The first-order chi connectivity index (χ1) is 7.84. The Morgan fingerprint density at radius 2 is 2.06 bits per heavy atom. The van der Waals surface area contributed by atoms with Crippen LogP contribution < -0.4 is 5.69 Å². The van der Waals surface area contributed by atoms with Gasteiger partial charge in [0.1, 0.15) is 5.65 Å². The first kappa shape index (κ1) is 8.84. The molecule has 0 saturated carbocycles. The Hall–Kier alpha value is -2.43. The van der Waals surface area contributed by atoms with Gasteiger partial charge in [0.2, 0.25) is 5.82 Å². The summed E-state index contributed by atoms with van der Waals surface area (Å²) in [6.45, 7) is 0. The van der Waals surface area contributed by atoms with Crippen molar-refractivity contribution in [2.75, 3.05) is 0 Å². The quantitative estimate of drug-likeness (QED) is 0.612. The Kier molecular flexibility index (Phi) is 1.83. The first-order valence-corrected chi connectivity index (χ1v) is 4.74. The molecule has 0 unspecified atom stereocenters. The Labute approximate surface area is 90.0 Å².